The molecule has 0 aliphatic heterocycles. The molecule has 0 saturated carbocycles. The molecular weight excluding hydrogens is 214 g/mol. The Hall–Kier alpha value is -0.870. The van der Waals surface area contributed by atoms with Gasteiger partial charge in [0.25, 0.3) is 0 Å². The lowest BCUT2D eigenvalue weighted by molar-refractivity contribution is 0.188. The summed E-state index contributed by atoms with van der Waals surface area (Å²) < 4.78 is 7.32. The number of imidazole rings is 1. The number of hydrogen-bond donors (Lipinski definition) is 1. The third-order valence-corrected chi connectivity index (χ3v) is 2.88. The molecule has 98 valence electrons. The predicted molar refractivity (Wildman–Crippen MR) is 70.0 cm³/mol. The number of aromatic nitrogens is 2. The highest BCUT2D eigenvalue weighted by atomic mass is 16.5. The van der Waals surface area contributed by atoms with Crippen molar-refractivity contribution in [1.29, 1.82) is 0 Å². The Labute approximate surface area is 104 Å². The van der Waals surface area contributed by atoms with Crippen LogP contribution in [0.1, 0.15) is 45.0 Å². The summed E-state index contributed by atoms with van der Waals surface area (Å²) in [7, 11) is 1.75. The van der Waals surface area contributed by atoms with Crippen molar-refractivity contribution < 1.29 is 4.74 Å². The Morgan fingerprint density at radius 1 is 1.47 bits per heavy atom. The number of nitrogens with zero attached hydrogens (tertiary/aromatic N) is 2. The van der Waals surface area contributed by atoms with Crippen molar-refractivity contribution in [2.24, 2.45) is 0 Å². The van der Waals surface area contributed by atoms with Gasteiger partial charge in [-0.05, 0) is 32.7 Å². The summed E-state index contributed by atoms with van der Waals surface area (Å²) in [4.78, 5) is 4.48. The van der Waals surface area contributed by atoms with Gasteiger partial charge in [0.2, 0.25) is 0 Å². The first kappa shape index (κ1) is 14.2. The molecule has 0 bridgehead atoms. The molecule has 1 aromatic heterocycles. The molecule has 0 spiro atoms. The molecule has 4 nitrogen and oxygen atoms in total. The average Bonchev–Trinajstić information content (AvgIpc) is 2.81. The fourth-order valence-electron chi connectivity index (χ4n) is 1.97. The minimum Gasteiger partial charge on any atom is -0.385 e. The zero-order chi connectivity index (χ0) is 12.5. The number of rotatable bonds is 9. The van der Waals surface area contributed by atoms with Crippen LogP contribution in [0.5, 0.6) is 0 Å². The SMILES string of the molecule is CCCNC(CCCOC)c1nccn1CC. The summed E-state index contributed by atoms with van der Waals surface area (Å²) in [5.74, 6) is 1.15. The van der Waals surface area contributed by atoms with E-state index in [4.69, 9.17) is 4.74 Å². The maximum atomic E-state index is 5.12. The van der Waals surface area contributed by atoms with Crippen LogP contribution in [0.15, 0.2) is 12.4 Å². The van der Waals surface area contributed by atoms with Crippen molar-refractivity contribution in [1.82, 2.24) is 14.9 Å². The van der Waals surface area contributed by atoms with Gasteiger partial charge in [0.1, 0.15) is 5.82 Å². The van der Waals surface area contributed by atoms with Crippen molar-refractivity contribution in [3.8, 4) is 0 Å². The molecule has 0 aliphatic carbocycles. The molecule has 1 aromatic rings. The topological polar surface area (TPSA) is 39.1 Å². The van der Waals surface area contributed by atoms with E-state index in [0.717, 1.165) is 44.8 Å². The second-order valence-corrected chi connectivity index (χ2v) is 4.21. The van der Waals surface area contributed by atoms with Gasteiger partial charge in [-0.25, -0.2) is 4.98 Å². The Bertz CT molecular complexity index is 299. The molecule has 4 heteroatoms. The predicted octanol–water partition coefficient (Wildman–Crippen LogP) is 2.37. The van der Waals surface area contributed by atoms with Gasteiger partial charge in [-0.2, -0.15) is 0 Å². The minimum absolute atomic E-state index is 0.347. The van der Waals surface area contributed by atoms with Crippen molar-refractivity contribution in [3.63, 3.8) is 0 Å². The van der Waals surface area contributed by atoms with Crippen LogP contribution >= 0.6 is 0 Å². The van der Waals surface area contributed by atoms with E-state index in [9.17, 15) is 0 Å². The number of nitrogens with one attached hydrogen (secondary N) is 1. The quantitative estimate of drug-likeness (QED) is 0.672. The third-order valence-electron chi connectivity index (χ3n) is 2.88. The lowest BCUT2D eigenvalue weighted by atomic mass is 10.1. The highest BCUT2D eigenvalue weighted by molar-refractivity contribution is 4.99. The minimum atomic E-state index is 0.347. The molecule has 0 fully saturated rings. The second-order valence-electron chi connectivity index (χ2n) is 4.21. The molecule has 0 aromatic carbocycles. The van der Waals surface area contributed by atoms with E-state index in [2.05, 4.69) is 28.7 Å². The van der Waals surface area contributed by atoms with Crippen LogP contribution in [-0.4, -0.2) is 29.8 Å². The van der Waals surface area contributed by atoms with E-state index in [-0.39, 0.29) is 0 Å². The van der Waals surface area contributed by atoms with Crippen molar-refractivity contribution in [3.05, 3.63) is 18.2 Å². The standard InChI is InChI=1S/C13H25N3O/c1-4-8-14-12(7-6-11-17-3)13-15-9-10-16(13)5-2/h9-10,12,14H,4-8,11H2,1-3H3. The van der Waals surface area contributed by atoms with Gasteiger partial charge in [0.05, 0.1) is 6.04 Å². The van der Waals surface area contributed by atoms with E-state index >= 15 is 0 Å². The van der Waals surface area contributed by atoms with Gasteiger partial charge in [-0.3, -0.25) is 0 Å². The van der Waals surface area contributed by atoms with Crippen molar-refractivity contribution in [2.45, 2.75) is 45.7 Å². The van der Waals surface area contributed by atoms with E-state index in [0.29, 0.717) is 6.04 Å². The van der Waals surface area contributed by atoms with Crippen LogP contribution in [0.4, 0.5) is 0 Å². The monoisotopic (exact) mass is 239 g/mol. The maximum absolute atomic E-state index is 5.12. The molecule has 1 unspecified atom stereocenters. The molecule has 0 saturated heterocycles. The smallest absolute Gasteiger partial charge is 0.125 e. The molecule has 1 atom stereocenters. The number of methoxy groups -OCH3 is 1. The van der Waals surface area contributed by atoms with Gasteiger partial charge < -0.3 is 14.6 Å². The first-order valence-electron chi connectivity index (χ1n) is 6.56. The fourth-order valence-corrected chi connectivity index (χ4v) is 1.97. The first-order chi connectivity index (χ1) is 8.33. The van der Waals surface area contributed by atoms with Gasteiger partial charge in [-0.1, -0.05) is 6.92 Å². The zero-order valence-corrected chi connectivity index (χ0v) is 11.3. The Kier molecular flexibility index (Phi) is 6.89. The third kappa shape index (κ3) is 4.48. The zero-order valence-electron chi connectivity index (χ0n) is 11.3. The molecule has 17 heavy (non-hydrogen) atoms. The number of aryl methyl sites for hydroxylation is 1. The Morgan fingerprint density at radius 3 is 2.94 bits per heavy atom. The second kappa shape index (κ2) is 8.25. The Morgan fingerprint density at radius 2 is 2.29 bits per heavy atom. The summed E-state index contributed by atoms with van der Waals surface area (Å²) in [6.45, 7) is 7.16. The normalized spacial score (nSPS) is 12.9. The van der Waals surface area contributed by atoms with E-state index in [1.165, 1.54) is 0 Å². The molecule has 0 amide bonds. The summed E-state index contributed by atoms with van der Waals surface area (Å²) >= 11 is 0. The van der Waals surface area contributed by atoms with Crippen molar-refractivity contribution >= 4 is 0 Å². The van der Waals surface area contributed by atoms with Crippen LogP contribution < -0.4 is 5.32 Å². The lowest BCUT2D eigenvalue weighted by Crippen LogP contribution is -2.25. The van der Waals surface area contributed by atoms with Crippen LogP contribution in [0.3, 0.4) is 0 Å². The van der Waals surface area contributed by atoms with E-state index in [1.54, 1.807) is 7.11 Å². The largest absolute Gasteiger partial charge is 0.385 e. The van der Waals surface area contributed by atoms with Gasteiger partial charge in [0.15, 0.2) is 0 Å². The molecule has 0 radical (unpaired) electrons. The summed E-state index contributed by atoms with van der Waals surface area (Å²) in [5.41, 5.74) is 0. The highest BCUT2D eigenvalue weighted by Gasteiger charge is 2.15. The van der Waals surface area contributed by atoms with Gasteiger partial charge in [-0.15, -0.1) is 0 Å². The first-order valence-corrected chi connectivity index (χ1v) is 6.56. The Balaban J connectivity index is 2.60. The maximum Gasteiger partial charge on any atom is 0.125 e. The van der Waals surface area contributed by atoms with Gasteiger partial charge in [0, 0.05) is 32.7 Å². The summed E-state index contributed by atoms with van der Waals surface area (Å²) in [6.07, 6.45) is 7.22. The van der Waals surface area contributed by atoms with Crippen LogP contribution in [0.25, 0.3) is 0 Å². The fraction of sp³-hybridized carbons (Fsp3) is 0.769. The van der Waals surface area contributed by atoms with Gasteiger partial charge >= 0.3 is 0 Å². The van der Waals surface area contributed by atoms with Crippen LogP contribution in [-0.2, 0) is 11.3 Å². The molecule has 1 N–H and O–H groups in total. The highest BCUT2D eigenvalue weighted by Crippen LogP contribution is 2.17. The molecule has 1 heterocycles. The van der Waals surface area contributed by atoms with Crippen LogP contribution in [0, 0.1) is 0 Å². The number of ether oxygens (including phenoxy) is 1. The van der Waals surface area contributed by atoms with Crippen LogP contribution in [0.2, 0.25) is 0 Å². The lowest BCUT2D eigenvalue weighted by Gasteiger charge is -2.19. The number of hydrogen-bond acceptors (Lipinski definition) is 3. The molecule has 1 rings (SSSR count). The molecular formula is C13H25N3O. The summed E-state index contributed by atoms with van der Waals surface area (Å²) in [6, 6.07) is 0.347. The van der Waals surface area contributed by atoms with Crippen molar-refractivity contribution in [2.75, 3.05) is 20.3 Å². The van der Waals surface area contributed by atoms with E-state index in [1.807, 2.05) is 12.4 Å². The average molecular weight is 239 g/mol. The molecule has 0 aliphatic rings. The summed E-state index contributed by atoms with van der Waals surface area (Å²) in [5, 5.41) is 3.57. The van der Waals surface area contributed by atoms with E-state index < -0.39 is 0 Å².